The van der Waals surface area contributed by atoms with Crippen molar-refractivity contribution in [1.29, 1.82) is 0 Å². The van der Waals surface area contributed by atoms with Gasteiger partial charge in [0.15, 0.2) is 0 Å². The average Bonchev–Trinajstić information content (AvgIpc) is 3.10. The molecule has 1 aromatic heterocycles. The highest BCUT2D eigenvalue weighted by molar-refractivity contribution is 7.13. The first kappa shape index (κ1) is 16.4. The monoisotopic (exact) mass is 362 g/mol. The first-order valence-corrected chi connectivity index (χ1v) is 8.24. The third-order valence-electron chi connectivity index (χ3n) is 3.39. The smallest absolute Gasteiger partial charge is 0.254 e. The standard InChI is InChI=1S/C17H12ClFN2O2S/c18-11-3-1-10(2-4-11)7-21-17(23)12-6-15(22)13(5-14(12)19)16-8-20-9-24-16/h1-6,8-9,22H,7H2,(H,21,23). The number of phenolic OH excluding ortho intramolecular Hbond substituents is 1. The van der Waals surface area contributed by atoms with E-state index in [1.165, 1.54) is 17.5 Å². The molecule has 7 heteroatoms. The Kier molecular flexibility index (Phi) is 4.78. The lowest BCUT2D eigenvalue weighted by Gasteiger charge is -2.09. The van der Waals surface area contributed by atoms with E-state index in [1.54, 1.807) is 29.8 Å². The number of rotatable bonds is 4. The van der Waals surface area contributed by atoms with Crippen LogP contribution >= 0.6 is 22.9 Å². The molecule has 3 aromatic rings. The molecule has 0 atom stereocenters. The number of nitrogens with one attached hydrogen (secondary N) is 1. The van der Waals surface area contributed by atoms with Crippen molar-refractivity contribution >= 4 is 28.8 Å². The van der Waals surface area contributed by atoms with Gasteiger partial charge in [0.2, 0.25) is 0 Å². The Morgan fingerprint density at radius 3 is 2.71 bits per heavy atom. The molecule has 1 heterocycles. The summed E-state index contributed by atoms with van der Waals surface area (Å²) < 4.78 is 14.2. The van der Waals surface area contributed by atoms with E-state index in [1.807, 2.05) is 0 Å². The minimum atomic E-state index is -0.704. The molecule has 122 valence electrons. The molecule has 0 aliphatic heterocycles. The maximum absolute atomic E-state index is 14.2. The summed E-state index contributed by atoms with van der Waals surface area (Å²) in [6.45, 7) is 0.229. The van der Waals surface area contributed by atoms with Gasteiger partial charge in [-0.25, -0.2) is 4.39 Å². The van der Waals surface area contributed by atoms with Crippen molar-refractivity contribution in [2.24, 2.45) is 0 Å². The summed E-state index contributed by atoms with van der Waals surface area (Å²) in [6, 6.07) is 9.22. The molecule has 0 bridgehead atoms. The summed E-state index contributed by atoms with van der Waals surface area (Å²) in [4.78, 5) is 16.7. The lowest BCUT2D eigenvalue weighted by atomic mass is 10.1. The van der Waals surface area contributed by atoms with Gasteiger partial charge in [-0.05, 0) is 29.8 Å². The molecule has 0 aliphatic rings. The minimum absolute atomic E-state index is 0.169. The van der Waals surface area contributed by atoms with Gasteiger partial charge in [0.25, 0.3) is 5.91 Å². The van der Waals surface area contributed by atoms with Gasteiger partial charge in [-0.3, -0.25) is 9.78 Å². The van der Waals surface area contributed by atoms with Crippen LogP contribution in [0.5, 0.6) is 5.75 Å². The van der Waals surface area contributed by atoms with Crippen LogP contribution in [0.15, 0.2) is 48.1 Å². The van der Waals surface area contributed by atoms with Gasteiger partial charge in [0.1, 0.15) is 11.6 Å². The number of aromatic hydroxyl groups is 1. The highest BCUT2D eigenvalue weighted by Crippen LogP contribution is 2.33. The summed E-state index contributed by atoms with van der Waals surface area (Å²) in [5, 5.41) is 13.3. The van der Waals surface area contributed by atoms with Gasteiger partial charge >= 0.3 is 0 Å². The lowest BCUT2D eigenvalue weighted by molar-refractivity contribution is 0.0946. The van der Waals surface area contributed by atoms with Crippen LogP contribution in [0, 0.1) is 5.82 Å². The number of carbonyl (C=O) groups is 1. The number of carbonyl (C=O) groups excluding carboxylic acids is 1. The van der Waals surface area contributed by atoms with Gasteiger partial charge in [0.05, 0.1) is 16.0 Å². The molecule has 1 amide bonds. The van der Waals surface area contributed by atoms with Crippen molar-refractivity contribution in [3.63, 3.8) is 0 Å². The van der Waals surface area contributed by atoms with Gasteiger partial charge in [-0.2, -0.15) is 0 Å². The number of benzene rings is 2. The molecular weight excluding hydrogens is 351 g/mol. The second-order valence-electron chi connectivity index (χ2n) is 5.02. The topological polar surface area (TPSA) is 62.2 Å². The highest BCUT2D eigenvalue weighted by Gasteiger charge is 2.17. The second kappa shape index (κ2) is 6.98. The predicted octanol–water partition coefficient (Wildman–Crippen LogP) is 4.24. The summed E-state index contributed by atoms with van der Waals surface area (Å²) >= 11 is 7.07. The van der Waals surface area contributed by atoms with E-state index in [-0.39, 0.29) is 17.9 Å². The first-order valence-electron chi connectivity index (χ1n) is 6.98. The van der Waals surface area contributed by atoms with Gasteiger partial charge < -0.3 is 10.4 Å². The Bertz CT molecular complexity index is 867. The number of hydrogen-bond acceptors (Lipinski definition) is 4. The van der Waals surface area contributed by atoms with Crippen LogP contribution in [0.2, 0.25) is 5.02 Å². The zero-order valence-electron chi connectivity index (χ0n) is 12.3. The largest absolute Gasteiger partial charge is 0.507 e. The van der Waals surface area contributed by atoms with E-state index in [4.69, 9.17) is 11.6 Å². The maximum atomic E-state index is 14.2. The van der Waals surface area contributed by atoms with E-state index in [0.717, 1.165) is 17.7 Å². The lowest BCUT2D eigenvalue weighted by Crippen LogP contribution is -2.23. The molecular formula is C17H12ClFN2O2S. The number of nitrogens with zero attached hydrogens (tertiary/aromatic N) is 1. The average molecular weight is 363 g/mol. The van der Waals surface area contributed by atoms with Crippen LogP contribution in [0.25, 0.3) is 10.4 Å². The van der Waals surface area contributed by atoms with E-state index >= 15 is 0 Å². The van der Waals surface area contributed by atoms with Gasteiger partial charge in [-0.15, -0.1) is 11.3 Å². The van der Waals surface area contributed by atoms with E-state index in [9.17, 15) is 14.3 Å². The minimum Gasteiger partial charge on any atom is -0.507 e. The van der Waals surface area contributed by atoms with Crippen molar-refractivity contribution in [3.8, 4) is 16.2 Å². The van der Waals surface area contributed by atoms with E-state index in [2.05, 4.69) is 10.3 Å². The fraction of sp³-hybridized carbons (Fsp3) is 0.0588. The fourth-order valence-electron chi connectivity index (χ4n) is 2.16. The molecule has 24 heavy (non-hydrogen) atoms. The molecule has 0 radical (unpaired) electrons. The molecule has 4 nitrogen and oxygen atoms in total. The number of thiazole rings is 1. The third-order valence-corrected chi connectivity index (χ3v) is 4.45. The Labute approximate surface area is 146 Å². The van der Waals surface area contributed by atoms with Crippen LogP contribution in [0.3, 0.4) is 0 Å². The zero-order valence-corrected chi connectivity index (χ0v) is 13.9. The van der Waals surface area contributed by atoms with Crippen molar-refractivity contribution < 1.29 is 14.3 Å². The Morgan fingerprint density at radius 1 is 1.29 bits per heavy atom. The number of hydrogen-bond donors (Lipinski definition) is 2. The van der Waals surface area contributed by atoms with Crippen LogP contribution in [-0.4, -0.2) is 16.0 Å². The van der Waals surface area contributed by atoms with Crippen molar-refractivity contribution in [2.75, 3.05) is 0 Å². The SMILES string of the molecule is O=C(NCc1ccc(Cl)cc1)c1cc(O)c(-c2cncs2)cc1F. The van der Waals surface area contributed by atoms with Crippen LogP contribution < -0.4 is 5.32 Å². The Morgan fingerprint density at radius 2 is 2.04 bits per heavy atom. The summed E-state index contributed by atoms with van der Waals surface area (Å²) in [7, 11) is 0. The fourth-order valence-corrected chi connectivity index (χ4v) is 2.94. The first-order chi connectivity index (χ1) is 11.5. The molecule has 0 saturated heterocycles. The number of phenols is 1. The van der Waals surface area contributed by atoms with Crippen LogP contribution in [0.1, 0.15) is 15.9 Å². The highest BCUT2D eigenvalue weighted by atomic mass is 35.5. The van der Waals surface area contributed by atoms with Crippen LogP contribution in [-0.2, 0) is 6.54 Å². The maximum Gasteiger partial charge on any atom is 0.254 e. The van der Waals surface area contributed by atoms with Crippen LogP contribution in [0.4, 0.5) is 4.39 Å². The van der Waals surface area contributed by atoms with E-state index in [0.29, 0.717) is 15.5 Å². The second-order valence-corrected chi connectivity index (χ2v) is 6.35. The molecule has 0 spiro atoms. The van der Waals surface area contributed by atoms with Gasteiger partial charge in [-0.1, -0.05) is 23.7 Å². The number of halogens is 2. The third kappa shape index (κ3) is 3.55. The number of amides is 1. The molecule has 0 aliphatic carbocycles. The van der Waals surface area contributed by atoms with Crippen molar-refractivity contribution in [1.82, 2.24) is 10.3 Å². The Hall–Kier alpha value is -2.44. The van der Waals surface area contributed by atoms with E-state index < -0.39 is 11.7 Å². The zero-order chi connectivity index (χ0) is 17.1. The molecule has 2 N–H and O–H groups in total. The molecule has 0 saturated carbocycles. The normalized spacial score (nSPS) is 10.6. The molecule has 0 unspecified atom stereocenters. The summed E-state index contributed by atoms with van der Waals surface area (Å²) in [6.07, 6.45) is 1.53. The number of aromatic nitrogens is 1. The quantitative estimate of drug-likeness (QED) is 0.729. The van der Waals surface area contributed by atoms with Crippen molar-refractivity contribution in [3.05, 3.63) is 70.1 Å². The Balaban J connectivity index is 1.77. The molecule has 3 rings (SSSR count). The molecule has 0 fully saturated rings. The molecule has 2 aromatic carbocycles. The summed E-state index contributed by atoms with van der Waals surface area (Å²) in [5.41, 5.74) is 2.51. The summed E-state index contributed by atoms with van der Waals surface area (Å²) in [5.74, 6) is -1.48. The predicted molar refractivity (Wildman–Crippen MR) is 91.8 cm³/mol. The van der Waals surface area contributed by atoms with Gasteiger partial charge in [0, 0.05) is 23.3 Å². The van der Waals surface area contributed by atoms with Crippen molar-refractivity contribution in [2.45, 2.75) is 6.54 Å².